The number of anilines is 1. The van der Waals surface area contributed by atoms with E-state index >= 15 is 0 Å². The molecule has 38 heavy (non-hydrogen) atoms. The van der Waals surface area contributed by atoms with E-state index in [1.54, 1.807) is 12.1 Å². The van der Waals surface area contributed by atoms with Crippen molar-refractivity contribution in [3.8, 4) is 5.75 Å². The molecule has 0 aliphatic carbocycles. The van der Waals surface area contributed by atoms with Crippen LogP contribution in [-0.4, -0.2) is 28.4 Å². The first kappa shape index (κ1) is 25.7. The molecule has 1 amide bonds. The molecule has 7 heteroatoms. The Hall–Kier alpha value is -3.97. The highest BCUT2D eigenvalue weighted by atomic mass is 32.1. The largest absolute Gasteiger partial charge is 0.507 e. The van der Waals surface area contributed by atoms with E-state index in [0.29, 0.717) is 28.6 Å². The summed E-state index contributed by atoms with van der Waals surface area (Å²) in [5.41, 5.74) is 4.05. The Morgan fingerprint density at radius 1 is 1.03 bits per heavy atom. The molecule has 1 N–H and O–H groups in total. The van der Waals surface area contributed by atoms with Crippen LogP contribution >= 0.6 is 11.3 Å². The van der Waals surface area contributed by atoms with Gasteiger partial charge in [0.25, 0.3) is 5.78 Å². The SMILES string of the molecule is CCOc1ccc2nc(N3C(=O)C(=O)C(=C(O)c4ccc(C)cc4)[C@H]3c3ccc(C(C)(C)C)cc3)sc2c1. The molecule has 1 aliphatic rings. The first-order chi connectivity index (χ1) is 18.1. The molecule has 1 atom stereocenters. The van der Waals surface area contributed by atoms with Crippen LogP contribution in [0.15, 0.2) is 72.3 Å². The van der Waals surface area contributed by atoms with Crippen molar-refractivity contribution in [2.24, 2.45) is 0 Å². The number of amides is 1. The number of carbonyl (C=O) groups is 2. The zero-order chi connectivity index (χ0) is 27.2. The summed E-state index contributed by atoms with van der Waals surface area (Å²) in [7, 11) is 0. The first-order valence-corrected chi connectivity index (χ1v) is 13.4. The Bertz CT molecular complexity index is 1560. The minimum absolute atomic E-state index is 0.0524. The predicted molar refractivity (Wildman–Crippen MR) is 152 cm³/mol. The summed E-state index contributed by atoms with van der Waals surface area (Å²) in [5, 5.41) is 11.8. The van der Waals surface area contributed by atoms with Gasteiger partial charge >= 0.3 is 5.91 Å². The first-order valence-electron chi connectivity index (χ1n) is 12.6. The molecule has 0 radical (unpaired) electrons. The summed E-state index contributed by atoms with van der Waals surface area (Å²) in [5.74, 6) is -0.934. The molecule has 6 nitrogen and oxygen atoms in total. The van der Waals surface area contributed by atoms with Gasteiger partial charge in [-0.1, -0.05) is 86.2 Å². The lowest BCUT2D eigenvalue weighted by Crippen LogP contribution is -2.29. The summed E-state index contributed by atoms with van der Waals surface area (Å²) < 4.78 is 6.47. The van der Waals surface area contributed by atoms with Crippen molar-refractivity contribution in [3.05, 3.63) is 94.6 Å². The highest BCUT2D eigenvalue weighted by molar-refractivity contribution is 7.22. The second kappa shape index (κ2) is 9.72. The van der Waals surface area contributed by atoms with Crippen molar-refractivity contribution in [2.45, 2.75) is 46.1 Å². The van der Waals surface area contributed by atoms with E-state index in [4.69, 9.17) is 9.72 Å². The summed E-state index contributed by atoms with van der Waals surface area (Å²) in [6.07, 6.45) is 0. The number of aromatic nitrogens is 1. The number of aryl methyl sites for hydroxylation is 1. The van der Waals surface area contributed by atoms with Crippen LogP contribution in [0.4, 0.5) is 5.13 Å². The summed E-state index contributed by atoms with van der Waals surface area (Å²) >= 11 is 1.32. The monoisotopic (exact) mass is 526 g/mol. The van der Waals surface area contributed by atoms with E-state index in [0.717, 1.165) is 21.4 Å². The number of thiazole rings is 1. The Balaban J connectivity index is 1.69. The smallest absolute Gasteiger partial charge is 0.301 e. The van der Waals surface area contributed by atoms with E-state index < -0.39 is 17.7 Å². The number of carbonyl (C=O) groups excluding carboxylic acids is 2. The van der Waals surface area contributed by atoms with Crippen LogP contribution in [0.1, 0.15) is 56.0 Å². The highest BCUT2D eigenvalue weighted by Crippen LogP contribution is 2.45. The van der Waals surface area contributed by atoms with Crippen LogP contribution in [0.25, 0.3) is 16.0 Å². The van der Waals surface area contributed by atoms with Crippen molar-refractivity contribution in [1.29, 1.82) is 0 Å². The number of ketones is 1. The van der Waals surface area contributed by atoms with Crippen molar-refractivity contribution >= 4 is 44.1 Å². The normalized spacial score (nSPS) is 17.4. The third kappa shape index (κ3) is 4.58. The summed E-state index contributed by atoms with van der Waals surface area (Å²) in [6, 6.07) is 19.8. The standard InChI is InChI=1S/C31H30N2O4S/c1-6-37-22-15-16-23-24(17-22)38-30(32-23)33-26(19-11-13-21(14-12-19)31(3,4)5)25(28(35)29(33)36)27(34)20-9-7-18(2)8-10-20/h7-17,26,34H,6H2,1-5H3/t26-/m1/s1. The van der Waals surface area contributed by atoms with E-state index in [2.05, 4.69) is 20.8 Å². The van der Waals surface area contributed by atoms with Gasteiger partial charge in [0.15, 0.2) is 5.13 Å². The molecule has 194 valence electrons. The number of Topliss-reactive ketones (excluding diaryl/α,β-unsaturated/α-hetero) is 1. The van der Waals surface area contributed by atoms with E-state index in [-0.39, 0.29) is 16.7 Å². The molecule has 0 spiro atoms. The molecule has 4 aromatic rings. The maximum absolute atomic E-state index is 13.5. The average Bonchev–Trinajstić information content (AvgIpc) is 3.41. The number of rotatable bonds is 5. The molecule has 1 aromatic heterocycles. The number of aliphatic hydroxyl groups excluding tert-OH is 1. The number of nitrogens with zero attached hydrogens (tertiary/aromatic N) is 2. The van der Waals surface area contributed by atoms with Crippen molar-refractivity contribution < 1.29 is 19.4 Å². The fourth-order valence-corrected chi connectivity index (χ4v) is 5.65. The number of ether oxygens (including phenoxy) is 1. The molecule has 5 rings (SSSR count). The van der Waals surface area contributed by atoms with Gasteiger partial charge in [0.05, 0.1) is 28.4 Å². The lowest BCUT2D eigenvalue weighted by Gasteiger charge is -2.24. The highest BCUT2D eigenvalue weighted by Gasteiger charge is 2.48. The molecule has 0 bridgehead atoms. The molecular formula is C31H30N2O4S. The molecule has 0 unspecified atom stereocenters. The molecule has 1 saturated heterocycles. The maximum Gasteiger partial charge on any atom is 0.301 e. The number of benzene rings is 3. The van der Waals surface area contributed by atoms with Crippen LogP contribution < -0.4 is 9.64 Å². The molecule has 3 aromatic carbocycles. The van der Waals surface area contributed by atoms with Crippen LogP contribution in [0.3, 0.4) is 0 Å². The minimum Gasteiger partial charge on any atom is -0.507 e. The average molecular weight is 527 g/mol. The summed E-state index contributed by atoms with van der Waals surface area (Å²) in [6.45, 7) is 10.8. The van der Waals surface area contributed by atoms with Gasteiger partial charge in [-0.2, -0.15) is 0 Å². The van der Waals surface area contributed by atoms with Crippen molar-refractivity contribution in [1.82, 2.24) is 4.98 Å². The van der Waals surface area contributed by atoms with Gasteiger partial charge in [-0.3, -0.25) is 14.5 Å². The second-order valence-corrected chi connectivity index (χ2v) is 11.5. The summed E-state index contributed by atoms with van der Waals surface area (Å²) in [4.78, 5) is 33.1. The van der Waals surface area contributed by atoms with Gasteiger partial charge in [0.2, 0.25) is 0 Å². The Kier molecular flexibility index (Phi) is 6.57. The molecule has 1 aliphatic heterocycles. The zero-order valence-corrected chi connectivity index (χ0v) is 22.9. The Morgan fingerprint density at radius 2 is 1.71 bits per heavy atom. The van der Waals surface area contributed by atoms with Crippen LogP contribution in [0.5, 0.6) is 5.75 Å². The van der Waals surface area contributed by atoms with E-state index in [1.807, 2.05) is 68.4 Å². The van der Waals surface area contributed by atoms with Crippen LogP contribution in [0.2, 0.25) is 0 Å². The topological polar surface area (TPSA) is 79.7 Å². The predicted octanol–water partition coefficient (Wildman–Crippen LogP) is 6.93. The molecule has 0 saturated carbocycles. The van der Waals surface area contributed by atoms with Gasteiger partial charge in [-0.25, -0.2) is 4.98 Å². The third-order valence-electron chi connectivity index (χ3n) is 6.73. The van der Waals surface area contributed by atoms with Gasteiger partial charge in [-0.05, 0) is 48.6 Å². The van der Waals surface area contributed by atoms with Gasteiger partial charge in [0.1, 0.15) is 11.5 Å². The van der Waals surface area contributed by atoms with Crippen LogP contribution in [-0.2, 0) is 15.0 Å². The van der Waals surface area contributed by atoms with E-state index in [1.165, 1.54) is 16.2 Å². The number of hydrogen-bond acceptors (Lipinski definition) is 6. The lowest BCUT2D eigenvalue weighted by molar-refractivity contribution is -0.132. The fourth-order valence-electron chi connectivity index (χ4n) is 4.63. The second-order valence-electron chi connectivity index (χ2n) is 10.5. The number of hydrogen-bond donors (Lipinski definition) is 1. The Morgan fingerprint density at radius 3 is 2.34 bits per heavy atom. The maximum atomic E-state index is 13.5. The minimum atomic E-state index is -0.822. The zero-order valence-electron chi connectivity index (χ0n) is 22.1. The molecule has 2 heterocycles. The molecule has 1 fully saturated rings. The Labute approximate surface area is 226 Å². The van der Waals surface area contributed by atoms with Gasteiger partial charge in [-0.15, -0.1) is 0 Å². The number of fused-ring (bicyclic) bond motifs is 1. The molecular weight excluding hydrogens is 496 g/mol. The quantitative estimate of drug-likeness (QED) is 0.173. The fraction of sp³-hybridized carbons (Fsp3) is 0.258. The van der Waals surface area contributed by atoms with Gasteiger partial charge < -0.3 is 9.84 Å². The van der Waals surface area contributed by atoms with Gasteiger partial charge in [0, 0.05) is 5.56 Å². The van der Waals surface area contributed by atoms with Crippen LogP contribution in [0, 0.1) is 6.92 Å². The van der Waals surface area contributed by atoms with Crippen molar-refractivity contribution in [2.75, 3.05) is 11.5 Å². The van der Waals surface area contributed by atoms with Crippen molar-refractivity contribution in [3.63, 3.8) is 0 Å². The number of aliphatic hydroxyl groups is 1. The third-order valence-corrected chi connectivity index (χ3v) is 7.75. The van der Waals surface area contributed by atoms with E-state index in [9.17, 15) is 14.7 Å². The lowest BCUT2D eigenvalue weighted by atomic mass is 9.85.